The lowest BCUT2D eigenvalue weighted by Crippen LogP contribution is -2.01. The summed E-state index contributed by atoms with van der Waals surface area (Å²) in [7, 11) is 0. The van der Waals surface area contributed by atoms with E-state index in [1.54, 1.807) is 0 Å². The first-order valence-electron chi connectivity index (χ1n) is 6.30. The van der Waals surface area contributed by atoms with Crippen LogP contribution in [-0.2, 0) is 0 Å². The second-order valence-electron chi connectivity index (χ2n) is 4.90. The number of nitrogens with two attached hydrogens (primary N) is 1. The minimum atomic E-state index is 0.486. The number of hydrogen-bond donors (Lipinski definition) is 2. The molecule has 0 aliphatic heterocycles. The number of aryl methyl sites for hydroxylation is 1. The Balaban J connectivity index is 2.37. The topological polar surface area (TPSA) is 38.0 Å². The SMILES string of the molecule is Cc1cccc(Nc2ccccc2C(C)C)c1N. The molecule has 2 nitrogen and oxygen atoms in total. The van der Waals surface area contributed by atoms with E-state index >= 15 is 0 Å². The molecular formula is C16H20N2. The van der Waals surface area contributed by atoms with Gasteiger partial charge in [0.05, 0.1) is 11.4 Å². The maximum Gasteiger partial charge on any atom is 0.0620 e. The third-order valence-electron chi connectivity index (χ3n) is 3.18. The van der Waals surface area contributed by atoms with Crippen molar-refractivity contribution in [3.05, 3.63) is 53.6 Å². The van der Waals surface area contributed by atoms with E-state index in [1.165, 1.54) is 5.56 Å². The highest BCUT2D eigenvalue weighted by Crippen LogP contribution is 2.30. The summed E-state index contributed by atoms with van der Waals surface area (Å²) in [6, 6.07) is 14.4. The smallest absolute Gasteiger partial charge is 0.0620 e. The van der Waals surface area contributed by atoms with Crippen LogP contribution in [0.1, 0.15) is 30.9 Å². The van der Waals surface area contributed by atoms with Gasteiger partial charge in [0.15, 0.2) is 0 Å². The Morgan fingerprint density at radius 2 is 1.61 bits per heavy atom. The zero-order valence-corrected chi connectivity index (χ0v) is 11.2. The van der Waals surface area contributed by atoms with Gasteiger partial charge in [-0.15, -0.1) is 0 Å². The fraction of sp³-hybridized carbons (Fsp3) is 0.250. The summed E-state index contributed by atoms with van der Waals surface area (Å²) in [4.78, 5) is 0. The molecule has 94 valence electrons. The summed E-state index contributed by atoms with van der Waals surface area (Å²) in [6.45, 7) is 6.41. The normalized spacial score (nSPS) is 10.7. The first-order chi connectivity index (χ1) is 8.59. The minimum Gasteiger partial charge on any atom is -0.397 e. The molecule has 0 amide bonds. The number of hydrogen-bond acceptors (Lipinski definition) is 2. The summed E-state index contributed by atoms with van der Waals surface area (Å²) in [5.74, 6) is 0.486. The lowest BCUT2D eigenvalue weighted by atomic mass is 10.0. The van der Waals surface area contributed by atoms with Gasteiger partial charge in [0.25, 0.3) is 0 Å². The highest BCUT2D eigenvalue weighted by atomic mass is 14.9. The maximum absolute atomic E-state index is 6.09. The molecule has 2 aromatic rings. The molecule has 3 N–H and O–H groups in total. The van der Waals surface area contributed by atoms with Crippen LogP contribution in [0.2, 0.25) is 0 Å². The summed E-state index contributed by atoms with van der Waals surface area (Å²) in [6.07, 6.45) is 0. The monoisotopic (exact) mass is 240 g/mol. The van der Waals surface area contributed by atoms with Crippen molar-refractivity contribution in [3.8, 4) is 0 Å². The molecule has 2 aromatic carbocycles. The Bertz CT molecular complexity index is 545. The van der Waals surface area contributed by atoms with Gasteiger partial charge in [-0.25, -0.2) is 0 Å². The molecule has 0 aromatic heterocycles. The summed E-state index contributed by atoms with van der Waals surface area (Å²) < 4.78 is 0. The van der Waals surface area contributed by atoms with Crippen molar-refractivity contribution in [1.29, 1.82) is 0 Å². The van der Waals surface area contributed by atoms with Crippen LogP contribution in [0.3, 0.4) is 0 Å². The van der Waals surface area contributed by atoms with Crippen molar-refractivity contribution < 1.29 is 0 Å². The molecule has 18 heavy (non-hydrogen) atoms. The summed E-state index contributed by atoms with van der Waals surface area (Å²) >= 11 is 0. The zero-order chi connectivity index (χ0) is 13.1. The number of nitrogen functional groups attached to an aromatic ring is 1. The number of para-hydroxylation sites is 2. The number of rotatable bonds is 3. The molecule has 2 heteroatoms. The quantitative estimate of drug-likeness (QED) is 0.778. The van der Waals surface area contributed by atoms with E-state index in [4.69, 9.17) is 5.73 Å². The van der Waals surface area contributed by atoms with E-state index in [2.05, 4.69) is 37.4 Å². The van der Waals surface area contributed by atoms with Crippen LogP contribution < -0.4 is 11.1 Å². The Kier molecular flexibility index (Phi) is 3.56. The lowest BCUT2D eigenvalue weighted by Gasteiger charge is -2.16. The molecule has 0 bridgehead atoms. The van der Waals surface area contributed by atoms with E-state index in [0.717, 1.165) is 22.6 Å². The van der Waals surface area contributed by atoms with E-state index in [1.807, 2.05) is 31.2 Å². The lowest BCUT2D eigenvalue weighted by molar-refractivity contribution is 0.869. The zero-order valence-electron chi connectivity index (χ0n) is 11.2. The first kappa shape index (κ1) is 12.5. The predicted molar refractivity (Wildman–Crippen MR) is 79.4 cm³/mol. The maximum atomic E-state index is 6.09. The van der Waals surface area contributed by atoms with Gasteiger partial charge in [-0.3, -0.25) is 0 Å². The molecule has 0 radical (unpaired) electrons. The van der Waals surface area contributed by atoms with Gasteiger partial charge in [-0.05, 0) is 36.1 Å². The van der Waals surface area contributed by atoms with Crippen LogP contribution in [0.25, 0.3) is 0 Å². The Hall–Kier alpha value is -1.96. The minimum absolute atomic E-state index is 0.486. The van der Waals surface area contributed by atoms with Crippen LogP contribution in [0.4, 0.5) is 17.1 Å². The molecule has 0 aliphatic rings. The molecule has 0 spiro atoms. The fourth-order valence-electron chi connectivity index (χ4n) is 2.05. The van der Waals surface area contributed by atoms with Crippen molar-refractivity contribution in [2.24, 2.45) is 0 Å². The van der Waals surface area contributed by atoms with Gasteiger partial charge in [0, 0.05) is 5.69 Å². The molecule has 2 rings (SSSR count). The molecule has 0 saturated heterocycles. The number of benzene rings is 2. The van der Waals surface area contributed by atoms with Crippen LogP contribution >= 0.6 is 0 Å². The summed E-state index contributed by atoms with van der Waals surface area (Å²) in [5.41, 5.74) is 11.4. The Morgan fingerprint density at radius 3 is 2.33 bits per heavy atom. The van der Waals surface area contributed by atoms with Crippen LogP contribution in [-0.4, -0.2) is 0 Å². The van der Waals surface area contributed by atoms with Crippen LogP contribution in [0, 0.1) is 6.92 Å². The largest absolute Gasteiger partial charge is 0.397 e. The van der Waals surface area contributed by atoms with Gasteiger partial charge in [0.2, 0.25) is 0 Å². The highest BCUT2D eigenvalue weighted by molar-refractivity contribution is 5.76. The van der Waals surface area contributed by atoms with Gasteiger partial charge in [0.1, 0.15) is 0 Å². The van der Waals surface area contributed by atoms with Gasteiger partial charge in [-0.2, -0.15) is 0 Å². The highest BCUT2D eigenvalue weighted by Gasteiger charge is 2.07. The van der Waals surface area contributed by atoms with Crippen molar-refractivity contribution in [3.63, 3.8) is 0 Å². The van der Waals surface area contributed by atoms with E-state index in [-0.39, 0.29) is 0 Å². The first-order valence-corrected chi connectivity index (χ1v) is 6.30. The average Bonchev–Trinajstić information content (AvgIpc) is 2.35. The fourth-order valence-corrected chi connectivity index (χ4v) is 2.05. The molecule has 0 fully saturated rings. The number of nitrogens with one attached hydrogen (secondary N) is 1. The predicted octanol–water partition coefficient (Wildman–Crippen LogP) is 4.44. The molecular weight excluding hydrogens is 220 g/mol. The van der Waals surface area contributed by atoms with Gasteiger partial charge < -0.3 is 11.1 Å². The Labute approximate surface area is 109 Å². The third kappa shape index (κ3) is 2.48. The van der Waals surface area contributed by atoms with Gasteiger partial charge >= 0.3 is 0 Å². The molecule has 0 heterocycles. The summed E-state index contributed by atoms with van der Waals surface area (Å²) in [5, 5.41) is 3.44. The van der Waals surface area contributed by atoms with Crippen LogP contribution in [0.5, 0.6) is 0 Å². The van der Waals surface area contributed by atoms with Crippen molar-refractivity contribution in [2.45, 2.75) is 26.7 Å². The molecule has 0 aliphatic carbocycles. The van der Waals surface area contributed by atoms with Crippen molar-refractivity contribution in [2.75, 3.05) is 11.1 Å². The van der Waals surface area contributed by atoms with E-state index < -0.39 is 0 Å². The molecule has 0 saturated carbocycles. The second kappa shape index (κ2) is 5.13. The van der Waals surface area contributed by atoms with E-state index in [0.29, 0.717) is 5.92 Å². The van der Waals surface area contributed by atoms with Gasteiger partial charge in [-0.1, -0.05) is 44.2 Å². The standard InChI is InChI=1S/C16H20N2/c1-11(2)13-8-4-5-9-14(13)18-15-10-6-7-12(3)16(15)17/h4-11,18H,17H2,1-3H3. The second-order valence-corrected chi connectivity index (χ2v) is 4.90. The average molecular weight is 240 g/mol. The number of anilines is 3. The van der Waals surface area contributed by atoms with Crippen molar-refractivity contribution >= 4 is 17.1 Å². The van der Waals surface area contributed by atoms with E-state index in [9.17, 15) is 0 Å². The third-order valence-corrected chi connectivity index (χ3v) is 3.18. The molecule has 0 unspecified atom stereocenters. The van der Waals surface area contributed by atoms with Crippen LogP contribution in [0.15, 0.2) is 42.5 Å². The Morgan fingerprint density at radius 1 is 0.944 bits per heavy atom. The van der Waals surface area contributed by atoms with Crippen molar-refractivity contribution in [1.82, 2.24) is 0 Å². The molecule has 0 atom stereocenters.